The Hall–Kier alpha value is -4.63. The van der Waals surface area contributed by atoms with E-state index in [9.17, 15) is 4.79 Å². The molecule has 0 unspecified atom stereocenters. The first kappa shape index (κ1) is 23.5. The van der Waals surface area contributed by atoms with Crippen LogP contribution in [-0.2, 0) is 6.61 Å². The number of hydrazone groups is 1. The molecule has 0 bridgehead atoms. The van der Waals surface area contributed by atoms with E-state index in [0.29, 0.717) is 30.1 Å². The third kappa shape index (κ3) is 6.04. The Labute approximate surface area is 204 Å². The Kier molecular flexibility index (Phi) is 7.72. The first-order chi connectivity index (χ1) is 17.2. The molecule has 4 aromatic rings. The van der Waals surface area contributed by atoms with Crippen LogP contribution in [0.1, 0.15) is 40.4 Å². The number of nitrogens with zero attached hydrogens (tertiary/aromatic N) is 2. The molecule has 0 atom stereocenters. The topological polar surface area (TPSA) is 83.7 Å². The summed E-state index contributed by atoms with van der Waals surface area (Å²) in [6.07, 6.45) is 2.53. The number of hydrogen-bond donors (Lipinski definition) is 1. The molecule has 0 aliphatic rings. The molecule has 0 radical (unpaired) electrons. The van der Waals surface area contributed by atoms with Crippen molar-refractivity contribution in [2.75, 3.05) is 6.61 Å². The van der Waals surface area contributed by atoms with Crippen molar-refractivity contribution in [1.29, 1.82) is 5.26 Å². The maximum Gasteiger partial charge on any atom is 0.271 e. The smallest absolute Gasteiger partial charge is 0.271 e. The number of rotatable bonds is 9. The summed E-state index contributed by atoms with van der Waals surface area (Å²) in [4.78, 5) is 12.6. The molecular weight excluding hydrogens is 438 g/mol. The van der Waals surface area contributed by atoms with Gasteiger partial charge in [-0.2, -0.15) is 10.4 Å². The van der Waals surface area contributed by atoms with Crippen LogP contribution in [0.25, 0.3) is 10.8 Å². The van der Waals surface area contributed by atoms with Gasteiger partial charge in [-0.15, -0.1) is 0 Å². The molecule has 0 saturated carbocycles. The highest BCUT2D eigenvalue weighted by atomic mass is 16.5. The highest BCUT2D eigenvalue weighted by Crippen LogP contribution is 2.27. The Morgan fingerprint density at radius 2 is 1.74 bits per heavy atom. The number of ether oxygens (including phenoxy) is 2. The third-order valence-corrected chi connectivity index (χ3v) is 5.36. The van der Waals surface area contributed by atoms with Crippen molar-refractivity contribution >= 4 is 22.9 Å². The maximum absolute atomic E-state index is 12.6. The molecule has 6 nitrogen and oxygen atoms in total. The van der Waals surface area contributed by atoms with E-state index in [4.69, 9.17) is 14.7 Å². The summed E-state index contributed by atoms with van der Waals surface area (Å²) >= 11 is 0. The van der Waals surface area contributed by atoms with E-state index in [-0.39, 0.29) is 5.91 Å². The Morgan fingerprint density at radius 3 is 2.49 bits per heavy atom. The fourth-order valence-corrected chi connectivity index (χ4v) is 3.51. The summed E-state index contributed by atoms with van der Waals surface area (Å²) in [6.45, 7) is 3.01. The van der Waals surface area contributed by atoms with Crippen LogP contribution in [-0.4, -0.2) is 18.7 Å². The molecule has 6 heteroatoms. The predicted molar refractivity (Wildman–Crippen MR) is 137 cm³/mol. The van der Waals surface area contributed by atoms with Gasteiger partial charge in [0, 0.05) is 11.1 Å². The van der Waals surface area contributed by atoms with E-state index >= 15 is 0 Å². The number of nitrogens with one attached hydrogen (secondary N) is 1. The number of carbonyl (C=O) groups is 1. The molecule has 0 heterocycles. The lowest BCUT2D eigenvalue weighted by Crippen LogP contribution is -2.17. The van der Waals surface area contributed by atoms with Crippen molar-refractivity contribution in [3.8, 4) is 17.6 Å². The molecule has 0 spiro atoms. The largest absolute Gasteiger partial charge is 0.494 e. The summed E-state index contributed by atoms with van der Waals surface area (Å²) in [5.74, 6) is 1.05. The van der Waals surface area contributed by atoms with Crippen molar-refractivity contribution in [3.05, 3.63) is 107 Å². The van der Waals surface area contributed by atoms with Crippen LogP contribution in [0.15, 0.2) is 90.0 Å². The number of hydrogen-bond acceptors (Lipinski definition) is 5. The highest BCUT2D eigenvalue weighted by Gasteiger charge is 2.09. The van der Waals surface area contributed by atoms with Crippen LogP contribution < -0.4 is 14.9 Å². The lowest BCUT2D eigenvalue weighted by atomic mass is 10.0. The van der Waals surface area contributed by atoms with Gasteiger partial charge in [-0.3, -0.25) is 4.79 Å². The number of fused-ring (bicyclic) bond motifs is 1. The summed E-state index contributed by atoms with van der Waals surface area (Å²) in [6, 6.07) is 28.1. The van der Waals surface area contributed by atoms with Crippen molar-refractivity contribution in [1.82, 2.24) is 5.43 Å². The SMILES string of the molecule is CCCOc1ccc(C(=O)N/N=C\c2c(OCc3ccc(C#N)cc3)ccc3ccccc23)cc1. The minimum atomic E-state index is -0.316. The minimum Gasteiger partial charge on any atom is -0.494 e. The summed E-state index contributed by atoms with van der Waals surface area (Å²) < 4.78 is 11.7. The Bertz CT molecular complexity index is 1370. The fourth-order valence-electron chi connectivity index (χ4n) is 3.51. The van der Waals surface area contributed by atoms with Crippen LogP contribution in [0.5, 0.6) is 11.5 Å². The monoisotopic (exact) mass is 463 g/mol. The van der Waals surface area contributed by atoms with Crippen molar-refractivity contribution < 1.29 is 14.3 Å². The van der Waals surface area contributed by atoms with Crippen molar-refractivity contribution in [2.24, 2.45) is 5.10 Å². The van der Waals surface area contributed by atoms with E-state index in [0.717, 1.165) is 34.1 Å². The van der Waals surface area contributed by atoms with Gasteiger partial charge < -0.3 is 9.47 Å². The molecule has 1 amide bonds. The number of nitriles is 1. The number of carbonyl (C=O) groups excluding carboxylic acids is 1. The zero-order chi connectivity index (χ0) is 24.5. The fraction of sp³-hybridized carbons (Fsp3) is 0.138. The van der Waals surface area contributed by atoms with Gasteiger partial charge in [0.2, 0.25) is 0 Å². The van der Waals surface area contributed by atoms with Crippen LogP contribution in [0.2, 0.25) is 0 Å². The maximum atomic E-state index is 12.6. The van der Waals surface area contributed by atoms with E-state index in [1.54, 1.807) is 42.6 Å². The van der Waals surface area contributed by atoms with Crippen LogP contribution >= 0.6 is 0 Å². The van der Waals surface area contributed by atoms with Gasteiger partial charge in [-0.1, -0.05) is 49.4 Å². The lowest BCUT2D eigenvalue weighted by Gasteiger charge is -2.12. The van der Waals surface area contributed by atoms with E-state index in [2.05, 4.69) is 16.6 Å². The zero-order valence-corrected chi connectivity index (χ0v) is 19.4. The third-order valence-electron chi connectivity index (χ3n) is 5.36. The average molecular weight is 464 g/mol. The van der Waals surface area contributed by atoms with Crippen LogP contribution in [0.4, 0.5) is 0 Å². The first-order valence-corrected chi connectivity index (χ1v) is 11.4. The Balaban J connectivity index is 1.50. The number of benzene rings is 4. The quantitative estimate of drug-likeness (QED) is 0.250. The molecule has 0 aliphatic heterocycles. The summed E-state index contributed by atoms with van der Waals surface area (Å²) in [7, 11) is 0. The average Bonchev–Trinajstić information content (AvgIpc) is 2.91. The molecule has 0 fully saturated rings. The molecule has 35 heavy (non-hydrogen) atoms. The van der Waals surface area contributed by atoms with Gasteiger partial charge in [0.05, 0.1) is 24.5 Å². The van der Waals surface area contributed by atoms with Crippen molar-refractivity contribution in [2.45, 2.75) is 20.0 Å². The van der Waals surface area contributed by atoms with E-state index in [1.165, 1.54) is 0 Å². The molecule has 174 valence electrons. The van der Waals surface area contributed by atoms with Gasteiger partial charge in [0.1, 0.15) is 18.1 Å². The van der Waals surface area contributed by atoms with Crippen LogP contribution in [0, 0.1) is 11.3 Å². The zero-order valence-electron chi connectivity index (χ0n) is 19.4. The molecule has 4 rings (SSSR count). The predicted octanol–water partition coefficient (Wildman–Crippen LogP) is 5.84. The first-order valence-electron chi connectivity index (χ1n) is 11.4. The van der Waals surface area contributed by atoms with Crippen LogP contribution in [0.3, 0.4) is 0 Å². The molecule has 0 aliphatic carbocycles. The number of amides is 1. The molecule has 0 aromatic heterocycles. The minimum absolute atomic E-state index is 0.316. The molecule has 1 N–H and O–H groups in total. The molecule has 0 saturated heterocycles. The highest BCUT2D eigenvalue weighted by molar-refractivity contribution is 6.03. The lowest BCUT2D eigenvalue weighted by molar-refractivity contribution is 0.0955. The normalized spacial score (nSPS) is 10.7. The van der Waals surface area contributed by atoms with Gasteiger partial charge >= 0.3 is 0 Å². The Morgan fingerprint density at radius 1 is 0.971 bits per heavy atom. The van der Waals surface area contributed by atoms with E-state index < -0.39 is 0 Å². The second kappa shape index (κ2) is 11.5. The molecular formula is C29H25N3O3. The summed E-state index contributed by atoms with van der Waals surface area (Å²) in [5, 5.41) is 15.2. The second-order valence-electron chi connectivity index (χ2n) is 7.87. The van der Waals surface area contributed by atoms with E-state index in [1.807, 2.05) is 55.5 Å². The second-order valence-corrected chi connectivity index (χ2v) is 7.87. The van der Waals surface area contributed by atoms with Gasteiger partial charge in [0.25, 0.3) is 5.91 Å². The summed E-state index contributed by atoms with van der Waals surface area (Å²) in [5.41, 5.74) is 5.39. The van der Waals surface area contributed by atoms with Gasteiger partial charge in [-0.25, -0.2) is 5.43 Å². The molecule has 4 aromatic carbocycles. The van der Waals surface area contributed by atoms with Gasteiger partial charge in [-0.05, 0) is 65.2 Å². The van der Waals surface area contributed by atoms with Crippen molar-refractivity contribution in [3.63, 3.8) is 0 Å². The van der Waals surface area contributed by atoms with Gasteiger partial charge in [0.15, 0.2) is 0 Å². The standard InChI is InChI=1S/C29H25N3O3/c1-2-17-34-25-14-11-24(12-15-25)29(33)32-31-19-27-26-6-4-3-5-23(26)13-16-28(27)35-20-22-9-7-21(18-30)8-10-22/h3-16,19H,2,17,20H2,1H3,(H,32,33)/b31-19-.